The van der Waals surface area contributed by atoms with Gasteiger partial charge in [0.15, 0.2) is 0 Å². The van der Waals surface area contributed by atoms with Gasteiger partial charge in [0.1, 0.15) is 5.82 Å². The Morgan fingerprint density at radius 3 is 2.34 bits per heavy atom. The average molecular weight is 527 g/mol. The molecule has 154 valence electrons. The maximum atomic E-state index is 12.6. The number of imidazole rings is 1. The van der Waals surface area contributed by atoms with Crippen LogP contribution in [0.25, 0.3) is 11.0 Å². The number of nitro benzene ring substituents is 1. The van der Waals surface area contributed by atoms with Crippen LogP contribution >= 0.6 is 31.9 Å². The van der Waals surface area contributed by atoms with Crippen molar-refractivity contribution in [1.82, 2.24) is 9.55 Å². The fourth-order valence-corrected chi connectivity index (χ4v) is 3.74. The van der Waals surface area contributed by atoms with Crippen LogP contribution in [0.3, 0.4) is 0 Å². The summed E-state index contributed by atoms with van der Waals surface area (Å²) in [7, 11) is 0. The number of rotatable bonds is 3. The molecule has 29 heavy (non-hydrogen) atoms. The number of hydrogen-bond donors (Lipinski definition) is 0. The van der Waals surface area contributed by atoms with Gasteiger partial charge in [0.25, 0.3) is 0 Å². The van der Waals surface area contributed by atoms with Gasteiger partial charge in [-0.1, -0.05) is 52.6 Å². The normalized spacial score (nSPS) is 13.9. The molecule has 0 aliphatic heterocycles. The zero-order chi connectivity index (χ0) is 21.3. The summed E-state index contributed by atoms with van der Waals surface area (Å²) < 4.78 is 16.6. The second-order valence-corrected chi connectivity index (χ2v) is 10.1. The third-order valence-electron chi connectivity index (χ3n) is 4.62. The van der Waals surface area contributed by atoms with Crippen molar-refractivity contribution >= 4 is 48.6 Å². The van der Waals surface area contributed by atoms with E-state index in [1.165, 1.54) is 30.2 Å². The molecular formula is C21H22Br2FN3O2. The largest absolute Gasteiger partial charge is 0.327 e. The third kappa shape index (κ3) is 5.42. The van der Waals surface area contributed by atoms with Gasteiger partial charge >= 0.3 is 5.69 Å². The first kappa shape index (κ1) is 21.9. The van der Waals surface area contributed by atoms with E-state index in [1.807, 2.05) is 0 Å². The Balaban J connectivity index is 0.000000188. The minimum absolute atomic E-state index is 0.0976. The Morgan fingerprint density at radius 2 is 1.79 bits per heavy atom. The zero-order valence-electron chi connectivity index (χ0n) is 16.5. The van der Waals surface area contributed by atoms with Crippen molar-refractivity contribution in [2.24, 2.45) is 5.92 Å². The van der Waals surface area contributed by atoms with E-state index >= 15 is 0 Å². The van der Waals surface area contributed by atoms with Crippen LogP contribution in [-0.4, -0.2) is 14.5 Å². The van der Waals surface area contributed by atoms with E-state index in [4.69, 9.17) is 4.98 Å². The predicted molar refractivity (Wildman–Crippen MR) is 120 cm³/mol. The standard InChI is InChI=1S/C15H19BrN2.C6H3BrFNO2/c1-15(2,3)14-17-12-8-11(16)6-7-13(12)18(14)9-10-4-5-10;7-4-1-2-5(8)6(3-4)9(10)11/h6-8,10H,4-5,9H2,1-3H3;1-3H. The number of hydrogen-bond acceptors (Lipinski definition) is 3. The van der Waals surface area contributed by atoms with Gasteiger partial charge in [-0.25, -0.2) is 4.98 Å². The molecule has 0 N–H and O–H groups in total. The minimum Gasteiger partial charge on any atom is -0.327 e. The van der Waals surface area contributed by atoms with E-state index < -0.39 is 16.4 Å². The number of aromatic nitrogens is 2. The summed E-state index contributed by atoms with van der Waals surface area (Å²) >= 11 is 6.52. The quantitative estimate of drug-likeness (QED) is 0.272. The molecule has 1 saturated carbocycles. The molecule has 8 heteroatoms. The van der Waals surface area contributed by atoms with Gasteiger partial charge < -0.3 is 4.57 Å². The van der Waals surface area contributed by atoms with Crippen molar-refractivity contribution in [3.63, 3.8) is 0 Å². The van der Waals surface area contributed by atoms with Gasteiger partial charge in [-0.2, -0.15) is 4.39 Å². The van der Waals surface area contributed by atoms with Crippen LogP contribution in [0.4, 0.5) is 10.1 Å². The predicted octanol–water partition coefficient (Wildman–Crippen LogP) is 7.00. The molecule has 0 spiro atoms. The van der Waals surface area contributed by atoms with E-state index in [0.717, 1.165) is 34.6 Å². The van der Waals surface area contributed by atoms with Crippen molar-refractivity contribution in [3.8, 4) is 0 Å². The summed E-state index contributed by atoms with van der Waals surface area (Å²) in [6.07, 6.45) is 2.75. The highest BCUT2D eigenvalue weighted by molar-refractivity contribution is 9.10. The summed E-state index contributed by atoms with van der Waals surface area (Å²) in [5.41, 5.74) is 1.96. The second kappa shape index (κ2) is 8.52. The Kier molecular flexibility index (Phi) is 6.43. The zero-order valence-corrected chi connectivity index (χ0v) is 19.6. The highest BCUT2D eigenvalue weighted by Gasteiger charge is 2.28. The maximum absolute atomic E-state index is 12.6. The van der Waals surface area contributed by atoms with E-state index in [9.17, 15) is 14.5 Å². The SMILES string of the molecule is CC(C)(C)c1nc2cc(Br)ccc2n1CC1CC1.O=[N+]([O-])c1cc(Br)ccc1F. The molecule has 0 radical (unpaired) electrons. The molecule has 2 aromatic carbocycles. The molecule has 1 heterocycles. The van der Waals surface area contributed by atoms with E-state index in [-0.39, 0.29) is 5.41 Å². The average Bonchev–Trinajstić information content (AvgIpc) is 3.37. The molecule has 0 bridgehead atoms. The summed E-state index contributed by atoms with van der Waals surface area (Å²) in [6.45, 7) is 7.86. The monoisotopic (exact) mass is 525 g/mol. The summed E-state index contributed by atoms with van der Waals surface area (Å²) in [6, 6.07) is 9.98. The molecule has 0 unspecified atom stereocenters. The topological polar surface area (TPSA) is 61.0 Å². The Morgan fingerprint density at radius 1 is 1.17 bits per heavy atom. The molecule has 3 aromatic rings. The van der Waals surface area contributed by atoms with Gasteiger partial charge in [-0.3, -0.25) is 10.1 Å². The van der Waals surface area contributed by atoms with Crippen molar-refractivity contribution in [2.45, 2.75) is 45.6 Å². The fraction of sp³-hybridized carbons (Fsp3) is 0.381. The fourth-order valence-electron chi connectivity index (χ4n) is 3.04. The van der Waals surface area contributed by atoms with Crippen molar-refractivity contribution < 1.29 is 9.31 Å². The molecule has 1 aliphatic rings. The third-order valence-corrected chi connectivity index (χ3v) is 5.61. The number of benzene rings is 2. The summed E-state index contributed by atoms with van der Waals surface area (Å²) in [5, 5.41) is 10.1. The number of fused-ring (bicyclic) bond motifs is 1. The Bertz CT molecular complexity index is 1060. The van der Waals surface area contributed by atoms with Crippen LogP contribution < -0.4 is 0 Å². The van der Waals surface area contributed by atoms with Crippen molar-refractivity contribution in [1.29, 1.82) is 0 Å². The van der Waals surface area contributed by atoms with Gasteiger partial charge in [0, 0.05) is 27.0 Å². The lowest BCUT2D eigenvalue weighted by atomic mass is 9.95. The molecule has 1 fully saturated rings. The van der Waals surface area contributed by atoms with Crippen LogP contribution in [-0.2, 0) is 12.0 Å². The molecule has 0 amide bonds. The van der Waals surface area contributed by atoms with Crippen LogP contribution in [0.1, 0.15) is 39.4 Å². The van der Waals surface area contributed by atoms with Crippen molar-refractivity contribution in [2.75, 3.05) is 0 Å². The summed E-state index contributed by atoms with van der Waals surface area (Å²) in [5.74, 6) is 1.26. The van der Waals surface area contributed by atoms with Gasteiger partial charge in [0.05, 0.1) is 16.0 Å². The highest BCUT2D eigenvalue weighted by Crippen LogP contribution is 2.35. The van der Waals surface area contributed by atoms with Gasteiger partial charge in [-0.15, -0.1) is 0 Å². The van der Waals surface area contributed by atoms with Crippen molar-refractivity contribution in [3.05, 3.63) is 67.1 Å². The molecule has 0 saturated heterocycles. The molecule has 0 atom stereocenters. The number of nitrogens with zero attached hydrogens (tertiary/aromatic N) is 3. The first-order valence-electron chi connectivity index (χ1n) is 9.32. The van der Waals surface area contributed by atoms with Crippen LogP contribution in [0, 0.1) is 21.8 Å². The van der Waals surface area contributed by atoms with E-state index in [0.29, 0.717) is 4.47 Å². The van der Waals surface area contributed by atoms with E-state index in [2.05, 4.69) is 75.4 Å². The first-order valence-corrected chi connectivity index (χ1v) is 10.9. The minimum atomic E-state index is -0.821. The number of halogens is 3. The smallest absolute Gasteiger partial charge is 0.305 e. The summed E-state index contributed by atoms with van der Waals surface area (Å²) in [4.78, 5) is 14.2. The molecule has 4 rings (SSSR count). The second-order valence-electron chi connectivity index (χ2n) is 8.23. The molecule has 1 aromatic heterocycles. The Hall–Kier alpha value is -1.80. The Labute approximate surface area is 185 Å². The molecule has 1 aliphatic carbocycles. The molecule has 5 nitrogen and oxygen atoms in total. The molecular weight excluding hydrogens is 505 g/mol. The number of nitro groups is 1. The van der Waals surface area contributed by atoms with Crippen LogP contribution in [0.5, 0.6) is 0 Å². The lowest BCUT2D eigenvalue weighted by Gasteiger charge is -2.20. The maximum Gasteiger partial charge on any atom is 0.305 e. The highest BCUT2D eigenvalue weighted by atomic mass is 79.9. The van der Waals surface area contributed by atoms with Gasteiger partial charge in [-0.05, 0) is 49.1 Å². The lowest BCUT2D eigenvalue weighted by Crippen LogP contribution is -2.19. The van der Waals surface area contributed by atoms with Crippen LogP contribution in [0.2, 0.25) is 0 Å². The first-order chi connectivity index (χ1) is 13.6. The van der Waals surface area contributed by atoms with E-state index in [1.54, 1.807) is 0 Å². The lowest BCUT2D eigenvalue weighted by molar-refractivity contribution is -0.387. The van der Waals surface area contributed by atoms with Gasteiger partial charge in [0.2, 0.25) is 5.82 Å². The van der Waals surface area contributed by atoms with Crippen LogP contribution in [0.15, 0.2) is 45.3 Å².